The van der Waals surface area contributed by atoms with Crippen LogP contribution in [0.1, 0.15) is 70.9 Å². The van der Waals surface area contributed by atoms with Crippen molar-refractivity contribution in [2.24, 2.45) is 5.92 Å². The van der Waals surface area contributed by atoms with Gasteiger partial charge < -0.3 is 15.1 Å². The van der Waals surface area contributed by atoms with Crippen LogP contribution in [-0.4, -0.2) is 51.6 Å². The Morgan fingerprint density at radius 3 is 2.18 bits per heavy atom. The van der Waals surface area contributed by atoms with Crippen molar-refractivity contribution in [2.45, 2.75) is 76.7 Å². The molecule has 51 heavy (non-hydrogen) atoms. The van der Waals surface area contributed by atoms with Gasteiger partial charge in [-0.1, -0.05) is 98.3 Å². The number of aliphatic carboxylic acids is 2. The molecule has 0 aromatic heterocycles. The molecule has 7 rings (SSSR count). The van der Waals surface area contributed by atoms with Gasteiger partial charge >= 0.3 is 11.9 Å². The lowest BCUT2D eigenvalue weighted by atomic mass is 9.77. The van der Waals surface area contributed by atoms with E-state index in [4.69, 9.17) is 11.6 Å². The topological polar surface area (TPSA) is 80.9 Å². The van der Waals surface area contributed by atoms with Crippen molar-refractivity contribution >= 4 is 62.2 Å². The number of allylic oxidation sites excluding steroid dienone is 5. The van der Waals surface area contributed by atoms with E-state index in [9.17, 15) is 19.8 Å². The zero-order chi connectivity index (χ0) is 36.1. The highest BCUT2D eigenvalue weighted by Gasteiger charge is 2.46. The van der Waals surface area contributed by atoms with Crippen molar-refractivity contribution < 1.29 is 24.4 Å². The van der Waals surface area contributed by atoms with Crippen LogP contribution in [0, 0.1) is 5.92 Å². The van der Waals surface area contributed by atoms with E-state index < -0.39 is 11.9 Å². The van der Waals surface area contributed by atoms with Crippen LogP contribution in [0.25, 0.3) is 21.5 Å². The molecule has 262 valence electrons. The first-order valence-electron chi connectivity index (χ1n) is 18.0. The van der Waals surface area contributed by atoms with Gasteiger partial charge in [0, 0.05) is 46.3 Å². The van der Waals surface area contributed by atoms with Crippen LogP contribution in [0.4, 0.5) is 11.4 Å². The molecule has 4 aromatic rings. The second-order valence-corrected chi connectivity index (χ2v) is 15.7. The van der Waals surface area contributed by atoms with E-state index in [0.29, 0.717) is 13.1 Å². The Kier molecular flexibility index (Phi) is 9.17. The van der Waals surface area contributed by atoms with E-state index in [2.05, 4.69) is 128 Å². The van der Waals surface area contributed by atoms with Crippen LogP contribution in [0.3, 0.4) is 0 Å². The summed E-state index contributed by atoms with van der Waals surface area (Å²) >= 11 is 7.26. The van der Waals surface area contributed by atoms with Crippen LogP contribution in [0.5, 0.6) is 0 Å². The molecule has 0 saturated carbocycles. The Labute approximate surface area is 305 Å². The highest BCUT2D eigenvalue weighted by Crippen LogP contribution is 2.50. The molecule has 2 unspecified atom stereocenters. The Morgan fingerprint density at radius 2 is 1.49 bits per heavy atom. The summed E-state index contributed by atoms with van der Waals surface area (Å²) in [5.41, 5.74) is 6.19. The van der Waals surface area contributed by atoms with E-state index in [1.54, 1.807) is 0 Å². The lowest BCUT2D eigenvalue weighted by molar-refractivity contribution is -0.436. The van der Waals surface area contributed by atoms with Crippen LogP contribution >= 0.6 is 11.6 Å². The van der Waals surface area contributed by atoms with Crippen molar-refractivity contribution in [3.05, 3.63) is 119 Å². The Balaban J connectivity index is 1.22. The second kappa shape index (κ2) is 13.5. The average Bonchev–Trinajstić information content (AvgIpc) is 3.46. The van der Waals surface area contributed by atoms with Crippen molar-refractivity contribution in [1.29, 1.82) is 0 Å². The largest absolute Gasteiger partial charge is 0.481 e. The van der Waals surface area contributed by atoms with Gasteiger partial charge in [0.25, 0.3) is 0 Å². The number of fused-ring (bicyclic) bond motifs is 6. The van der Waals surface area contributed by atoms with Gasteiger partial charge in [-0.3, -0.25) is 9.59 Å². The number of hydrogen-bond acceptors (Lipinski definition) is 3. The van der Waals surface area contributed by atoms with E-state index in [1.807, 2.05) is 6.07 Å². The highest BCUT2D eigenvalue weighted by molar-refractivity contribution is 6.30. The molecule has 0 spiro atoms. The summed E-state index contributed by atoms with van der Waals surface area (Å²) in [6, 6.07) is 25.3. The molecule has 2 atom stereocenters. The van der Waals surface area contributed by atoms with Gasteiger partial charge in [0.05, 0.1) is 17.9 Å². The number of hydrogen-bond donors (Lipinski definition) is 2. The minimum Gasteiger partial charge on any atom is -0.481 e. The van der Waals surface area contributed by atoms with Gasteiger partial charge in [0.2, 0.25) is 5.69 Å². The number of benzene rings is 4. The molecule has 2 aliphatic heterocycles. The summed E-state index contributed by atoms with van der Waals surface area (Å²) in [4.78, 5) is 25.7. The number of halogens is 1. The maximum absolute atomic E-state index is 11.7. The fraction of sp³-hybridized carbons (Fsp3) is 0.341. The molecule has 0 bridgehead atoms. The average molecular weight is 702 g/mol. The standard InChI is InChI=1S/C44H45ClN2O4/c1-43(2)36(46(26-24-38(48)49)34-20-16-28-10-5-7-14-32(28)40(34)43)22-18-30-12-9-13-31(42(30)45)19-23-37-44(3,4)41-33-15-8-6-11-29(33)17-21-35(41)47(37)27-25-39(50)51/h5-8,10-11,14-23,30,36H,9,12-13,24-27H2,1-4H3,(H-,48,49,50,51)/p+1/b22-18+,23-19+. The molecule has 0 fully saturated rings. The van der Waals surface area contributed by atoms with Gasteiger partial charge in [0.15, 0.2) is 12.3 Å². The zero-order valence-corrected chi connectivity index (χ0v) is 30.6. The van der Waals surface area contributed by atoms with Gasteiger partial charge in [-0.15, -0.1) is 0 Å². The Hall–Kier alpha value is -4.68. The van der Waals surface area contributed by atoms with Gasteiger partial charge in [-0.2, -0.15) is 4.58 Å². The molecule has 0 radical (unpaired) electrons. The third kappa shape index (κ3) is 6.18. The first kappa shape index (κ1) is 34.8. The number of anilines is 1. The van der Waals surface area contributed by atoms with E-state index in [1.165, 1.54) is 32.7 Å². The van der Waals surface area contributed by atoms with Crippen molar-refractivity contribution in [2.75, 3.05) is 18.0 Å². The first-order valence-corrected chi connectivity index (χ1v) is 18.4. The predicted molar refractivity (Wildman–Crippen MR) is 208 cm³/mol. The third-order valence-corrected chi connectivity index (χ3v) is 11.9. The highest BCUT2D eigenvalue weighted by atomic mass is 35.5. The van der Waals surface area contributed by atoms with E-state index >= 15 is 0 Å². The molecule has 2 heterocycles. The number of carboxylic acids is 2. The van der Waals surface area contributed by atoms with Crippen LogP contribution < -0.4 is 4.90 Å². The summed E-state index contributed by atoms with van der Waals surface area (Å²) in [5, 5.41) is 24.8. The van der Waals surface area contributed by atoms with Crippen molar-refractivity contribution in [3.8, 4) is 0 Å². The number of nitrogens with zero attached hydrogens (tertiary/aromatic N) is 2. The molecule has 7 heteroatoms. The molecule has 4 aromatic carbocycles. The molecule has 6 nitrogen and oxygen atoms in total. The smallest absolute Gasteiger partial charge is 0.309 e. The molecule has 0 saturated heterocycles. The van der Waals surface area contributed by atoms with E-state index in [-0.39, 0.29) is 35.6 Å². The molecule has 1 aliphatic carbocycles. The van der Waals surface area contributed by atoms with Crippen LogP contribution in [-0.2, 0) is 20.4 Å². The lowest BCUT2D eigenvalue weighted by Gasteiger charge is -2.33. The fourth-order valence-electron chi connectivity index (χ4n) is 8.93. The molecule has 0 amide bonds. The van der Waals surface area contributed by atoms with Crippen molar-refractivity contribution in [3.63, 3.8) is 0 Å². The first-order chi connectivity index (χ1) is 24.4. The molecule has 2 N–H and O–H groups in total. The minimum atomic E-state index is -0.818. The number of carbonyl (C=O) groups is 2. The quantitative estimate of drug-likeness (QED) is 0.127. The van der Waals surface area contributed by atoms with Crippen molar-refractivity contribution in [1.82, 2.24) is 0 Å². The maximum Gasteiger partial charge on any atom is 0.309 e. The van der Waals surface area contributed by atoms with Crippen LogP contribution in [0.2, 0.25) is 0 Å². The third-order valence-electron chi connectivity index (χ3n) is 11.4. The predicted octanol–water partition coefficient (Wildman–Crippen LogP) is 9.89. The summed E-state index contributed by atoms with van der Waals surface area (Å²) in [6.07, 6.45) is 11.7. The Morgan fingerprint density at radius 1 is 0.843 bits per heavy atom. The normalized spacial score (nSPS) is 21.0. The SMILES string of the molecule is CC1(C)C(/C=C/C2=C(Cl)C(/C=C/C3N(CCC(=O)O)c4ccc5ccccc5c4C3(C)C)CCC2)=[N+](CCC(=O)O)c2ccc3ccccc3c21. The molecule has 3 aliphatic rings. The zero-order valence-electron chi connectivity index (χ0n) is 29.8. The fourth-order valence-corrected chi connectivity index (χ4v) is 9.27. The second-order valence-electron chi connectivity index (χ2n) is 15.3. The van der Waals surface area contributed by atoms with Crippen LogP contribution in [0.15, 0.2) is 108 Å². The number of carboxylic acid groups (broad SMARTS) is 2. The lowest BCUT2D eigenvalue weighted by Crippen LogP contribution is -2.41. The summed E-state index contributed by atoms with van der Waals surface area (Å²) in [7, 11) is 0. The number of rotatable bonds is 10. The molecular formula is C44H46ClN2O4+. The summed E-state index contributed by atoms with van der Waals surface area (Å²) < 4.78 is 2.18. The monoisotopic (exact) mass is 701 g/mol. The van der Waals surface area contributed by atoms with Gasteiger partial charge in [-0.05, 0) is 77.9 Å². The Bertz CT molecular complexity index is 2190. The van der Waals surface area contributed by atoms with Gasteiger partial charge in [-0.25, -0.2) is 0 Å². The molecular weight excluding hydrogens is 656 g/mol. The maximum atomic E-state index is 11.7. The summed E-state index contributed by atoms with van der Waals surface area (Å²) in [5.74, 6) is -1.58. The summed E-state index contributed by atoms with van der Waals surface area (Å²) in [6.45, 7) is 9.78. The van der Waals surface area contributed by atoms with Gasteiger partial charge in [0.1, 0.15) is 6.42 Å². The minimum absolute atomic E-state index is 0.0333. The van der Waals surface area contributed by atoms with E-state index in [0.717, 1.165) is 47.0 Å².